The first-order valence-corrected chi connectivity index (χ1v) is 8.58. The van der Waals surface area contributed by atoms with Crippen LogP contribution in [0.4, 0.5) is 10.1 Å². The van der Waals surface area contributed by atoms with Crippen LogP contribution in [0.2, 0.25) is 0 Å². The molecular formula is C18H23FN4O2. The van der Waals surface area contributed by atoms with Gasteiger partial charge in [0.05, 0.1) is 17.9 Å². The maximum absolute atomic E-state index is 15.4. The number of rotatable bonds is 3. The number of morpholine rings is 1. The van der Waals surface area contributed by atoms with Gasteiger partial charge in [-0.2, -0.15) is 5.26 Å². The van der Waals surface area contributed by atoms with E-state index in [0.717, 1.165) is 0 Å². The van der Waals surface area contributed by atoms with Crippen LogP contribution in [-0.2, 0) is 4.74 Å². The van der Waals surface area contributed by atoms with Crippen molar-refractivity contribution >= 4 is 11.6 Å². The minimum Gasteiger partial charge on any atom is -0.372 e. The van der Waals surface area contributed by atoms with Gasteiger partial charge < -0.3 is 20.3 Å². The molecule has 0 aliphatic carbocycles. The van der Waals surface area contributed by atoms with Crippen LogP contribution >= 0.6 is 0 Å². The number of halogens is 1. The zero-order valence-electron chi connectivity index (χ0n) is 14.5. The molecule has 2 heterocycles. The van der Waals surface area contributed by atoms with Crippen LogP contribution in [0, 0.1) is 17.3 Å². The summed E-state index contributed by atoms with van der Waals surface area (Å²) in [6, 6.07) is 3.23. The van der Waals surface area contributed by atoms with Crippen molar-refractivity contribution in [2.24, 2.45) is 5.73 Å². The fourth-order valence-corrected chi connectivity index (χ4v) is 3.90. The average molecular weight is 346 g/mol. The quantitative estimate of drug-likeness (QED) is 0.844. The van der Waals surface area contributed by atoms with E-state index < -0.39 is 11.7 Å². The Hall–Kier alpha value is -2.33. The second-order valence-electron chi connectivity index (χ2n) is 6.92. The Morgan fingerprint density at radius 1 is 1.32 bits per heavy atom. The van der Waals surface area contributed by atoms with Crippen molar-refractivity contribution < 1.29 is 13.9 Å². The largest absolute Gasteiger partial charge is 0.372 e. The Morgan fingerprint density at radius 2 is 2.00 bits per heavy atom. The van der Waals surface area contributed by atoms with E-state index in [9.17, 15) is 4.79 Å². The highest BCUT2D eigenvalue weighted by Gasteiger charge is 2.32. The Bertz CT molecular complexity index is 708. The molecule has 0 unspecified atom stereocenters. The van der Waals surface area contributed by atoms with Crippen molar-refractivity contribution in [2.75, 3.05) is 31.1 Å². The normalized spacial score (nSPS) is 26.6. The van der Waals surface area contributed by atoms with E-state index in [-0.39, 0.29) is 23.7 Å². The van der Waals surface area contributed by atoms with E-state index in [1.54, 1.807) is 17.0 Å². The molecule has 134 valence electrons. The van der Waals surface area contributed by atoms with Crippen LogP contribution in [0.1, 0.15) is 42.1 Å². The zero-order chi connectivity index (χ0) is 18.1. The molecule has 0 bridgehead atoms. The molecule has 2 saturated heterocycles. The first-order valence-electron chi connectivity index (χ1n) is 8.58. The Kier molecular flexibility index (Phi) is 4.82. The molecule has 0 radical (unpaired) electrons. The second-order valence-corrected chi connectivity index (χ2v) is 6.92. The van der Waals surface area contributed by atoms with E-state index in [1.807, 2.05) is 18.7 Å². The SMILES string of the molecule is C[C@@H]1CN(c2ccc(C(N)=O)c([C@H]3CCN(C#N)C3)c2F)C[C@H](C)O1. The lowest BCUT2D eigenvalue weighted by molar-refractivity contribution is -0.00540. The van der Waals surface area contributed by atoms with Gasteiger partial charge in [0.2, 0.25) is 5.91 Å². The molecule has 0 saturated carbocycles. The number of nitrogens with two attached hydrogens (primary N) is 1. The lowest BCUT2D eigenvalue weighted by Gasteiger charge is -2.37. The number of nitrogens with zero attached hydrogens (tertiary/aromatic N) is 3. The van der Waals surface area contributed by atoms with Crippen molar-refractivity contribution in [1.29, 1.82) is 5.26 Å². The smallest absolute Gasteiger partial charge is 0.249 e. The van der Waals surface area contributed by atoms with Gasteiger partial charge in [-0.05, 0) is 32.4 Å². The minimum atomic E-state index is -0.639. The van der Waals surface area contributed by atoms with Gasteiger partial charge in [0, 0.05) is 43.2 Å². The topological polar surface area (TPSA) is 82.6 Å². The number of amides is 1. The molecule has 2 fully saturated rings. The van der Waals surface area contributed by atoms with Crippen molar-refractivity contribution in [3.05, 3.63) is 29.1 Å². The molecule has 1 aromatic rings. The molecule has 1 aromatic carbocycles. The van der Waals surface area contributed by atoms with Crippen LogP contribution in [0.25, 0.3) is 0 Å². The highest BCUT2D eigenvalue weighted by atomic mass is 19.1. The molecule has 7 heteroatoms. The van der Waals surface area contributed by atoms with Crippen molar-refractivity contribution in [2.45, 2.75) is 38.4 Å². The Morgan fingerprint density at radius 3 is 2.56 bits per heavy atom. The van der Waals surface area contributed by atoms with E-state index in [0.29, 0.717) is 43.9 Å². The number of likely N-dealkylation sites (tertiary alicyclic amines) is 1. The summed E-state index contributed by atoms with van der Waals surface area (Å²) in [6.07, 6.45) is 2.72. The van der Waals surface area contributed by atoms with E-state index >= 15 is 4.39 Å². The highest BCUT2D eigenvalue weighted by Crippen LogP contribution is 2.36. The van der Waals surface area contributed by atoms with Crippen molar-refractivity contribution in [3.63, 3.8) is 0 Å². The summed E-state index contributed by atoms with van der Waals surface area (Å²) in [5.74, 6) is -1.25. The molecule has 2 aliphatic rings. The molecule has 0 spiro atoms. The fourth-order valence-electron chi connectivity index (χ4n) is 3.90. The van der Waals surface area contributed by atoms with Gasteiger partial charge in [-0.15, -0.1) is 0 Å². The molecule has 25 heavy (non-hydrogen) atoms. The van der Waals surface area contributed by atoms with Gasteiger partial charge in [-0.3, -0.25) is 4.79 Å². The summed E-state index contributed by atoms with van der Waals surface area (Å²) in [5.41, 5.74) is 6.49. The zero-order valence-corrected chi connectivity index (χ0v) is 14.5. The van der Waals surface area contributed by atoms with Gasteiger partial charge in [0.15, 0.2) is 12.0 Å². The van der Waals surface area contributed by atoms with Gasteiger partial charge in [-0.25, -0.2) is 4.39 Å². The third kappa shape index (κ3) is 3.40. The second kappa shape index (κ2) is 6.89. The lowest BCUT2D eigenvalue weighted by Crippen LogP contribution is -2.46. The van der Waals surface area contributed by atoms with Crippen LogP contribution in [0.3, 0.4) is 0 Å². The number of nitriles is 1. The number of carbonyl (C=O) groups excluding carboxylic acids is 1. The molecule has 2 aliphatic heterocycles. The highest BCUT2D eigenvalue weighted by molar-refractivity contribution is 5.95. The van der Waals surface area contributed by atoms with Crippen molar-refractivity contribution in [3.8, 4) is 6.19 Å². The number of primary amides is 1. The van der Waals surface area contributed by atoms with Gasteiger partial charge in [0.1, 0.15) is 0 Å². The number of anilines is 1. The van der Waals surface area contributed by atoms with E-state index in [2.05, 4.69) is 6.19 Å². The van der Waals surface area contributed by atoms with Gasteiger partial charge in [0.25, 0.3) is 0 Å². The fraction of sp³-hybridized carbons (Fsp3) is 0.556. The third-order valence-electron chi connectivity index (χ3n) is 4.92. The monoisotopic (exact) mass is 346 g/mol. The minimum absolute atomic E-state index is 0.00276. The van der Waals surface area contributed by atoms with Crippen LogP contribution < -0.4 is 10.6 Å². The molecule has 3 rings (SSSR count). The standard InChI is InChI=1S/C18H23FN4O2/c1-11-7-23(8-12(2)25-11)15-4-3-14(18(21)24)16(17(15)19)13-5-6-22(9-13)10-20/h3-4,11-13H,5-9H2,1-2H3,(H2,21,24)/t11-,12+,13-/m0/s1. The molecule has 0 aromatic heterocycles. The maximum atomic E-state index is 15.4. The number of carbonyl (C=O) groups is 1. The molecule has 3 atom stereocenters. The van der Waals surface area contributed by atoms with Crippen LogP contribution in [0.5, 0.6) is 0 Å². The number of benzene rings is 1. The maximum Gasteiger partial charge on any atom is 0.249 e. The molecule has 6 nitrogen and oxygen atoms in total. The molecule has 2 N–H and O–H groups in total. The predicted octanol–water partition coefficient (Wildman–Crippen LogP) is 1.81. The van der Waals surface area contributed by atoms with Crippen LogP contribution in [0.15, 0.2) is 12.1 Å². The third-order valence-corrected chi connectivity index (χ3v) is 4.92. The number of hydrogen-bond donors (Lipinski definition) is 1. The van der Waals surface area contributed by atoms with Gasteiger partial charge in [-0.1, -0.05) is 0 Å². The summed E-state index contributed by atoms with van der Waals surface area (Å²) >= 11 is 0. The van der Waals surface area contributed by atoms with Gasteiger partial charge >= 0.3 is 0 Å². The summed E-state index contributed by atoms with van der Waals surface area (Å²) in [4.78, 5) is 15.4. The van der Waals surface area contributed by atoms with E-state index in [4.69, 9.17) is 15.7 Å². The summed E-state index contributed by atoms with van der Waals surface area (Å²) in [6.45, 7) is 6.07. The summed E-state index contributed by atoms with van der Waals surface area (Å²) in [7, 11) is 0. The molecule has 1 amide bonds. The lowest BCUT2D eigenvalue weighted by atomic mass is 9.91. The first-order chi connectivity index (χ1) is 11.9. The Labute approximate surface area is 146 Å². The summed E-state index contributed by atoms with van der Waals surface area (Å²) < 4.78 is 21.1. The number of hydrogen-bond acceptors (Lipinski definition) is 5. The first kappa shape index (κ1) is 17.5. The average Bonchev–Trinajstić information content (AvgIpc) is 3.02. The Balaban J connectivity index is 2.00. The van der Waals surface area contributed by atoms with Crippen LogP contribution in [-0.4, -0.2) is 49.2 Å². The molecular weight excluding hydrogens is 323 g/mol. The van der Waals surface area contributed by atoms with E-state index in [1.165, 1.54) is 0 Å². The summed E-state index contributed by atoms with van der Waals surface area (Å²) in [5, 5.41) is 9.06. The predicted molar refractivity (Wildman–Crippen MR) is 91.7 cm³/mol. The van der Waals surface area contributed by atoms with Crippen molar-refractivity contribution in [1.82, 2.24) is 4.90 Å². The number of ether oxygens (including phenoxy) is 1.